The zero-order chi connectivity index (χ0) is 14.5. The van der Waals surface area contributed by atoms with E-state index >= 15 is 0 Å². The first-order valence-electron chi connectivity index (χ1n) is 7.08. The van der Waals surface area contributed by atoms with Crippen LogP contribution < -0.4 is 5.32 Å². The first kappa shape index (κ1) is 15.6. The smallest absolute Gasteiger partial charge is 0.241 e. The van der Waals surface area contributed by atoms with Gasteiger partial charge >= 0.3 is 0 Å². The minimum Gasteiger partial charge on any atom is -0.323 e. The molecule has 110 valence electrons. The van der Waals surface area contributed by atoms with Gasteiger partial charge in [0.15, 0.2) is 0 Å². The zero-order valence-electron chi connectivity index (χ0n) is 11.7. The normalized spacial score (nSPS) is 18.4. The van der Waals surface area contributed by atoms with Crippen molar-refractivity contribution in [1.82, 2.24) is 4.90 Å². The van der Waals surface area contributed by atoms with E-state index in [0.717, 1.165) is 13.1 Å². The molecule has 5 heteroatoms. The molecule has 1 aromatic rings. The molecule has 0 spiro atoms. The molecule has 1 aromatic carbocycles. The third-order valence-corrected chi connectivity index (χ3v) is 4.30. The van der Waals surface area contributed by atoms with Crippen LogP contribution in [0.3, 0.4) is 0 Å². The number of halogens is 2. The van der Waals surface area contributed by atoms with Gasteiger partial charge in [-0.1, -0.05) is 36.0 Å². The van der Waals surface area contributed by atoms with Gasteiger partial charge in [0.1, 0.15) is 0 Å². The summed E-state index contributed by atoms with van der Waals surface area (Å²) in [5.41, 5.74) is 0.614. The molecule has 0 aliphatic carbocycles. The second-order valence-electron chi connectivity index (χ2n) is 5.24. The quantitative estimate of drug-likeness (QED) is 0.907. The Morgan fingerprint density at radius 1 is 1.20 bits per heavy atom. The maximum absolute atomic E-state index is 12.3. The lowest BCUT2D eigenvalue weighted by atomic mass is 10.2. The van der Waals surface area contributed by atoms with E-state index in [1.807, 2.05) is 6.92 Å². The minimum atomic E-state index is -0.139. The minimum absolute atomic E-state index is 0.0175. The number of carbonyl (C=O) groups excluding carboxylic acids is 1. The van der Waals surface area contributed by atoms with Crippen LogP contribution in [0.5, 0.6) is 0 Å². The molecule has 20 heavy (non-hydrogen) atoms. The van der Waals surface area contributed by atoms with Gasteiger partial charge < -0.3 is 5.32 Å². The molecule has 1 aliphatic rings. The number of nitrogens with one attached hydrogen (secondary N) is 1. The highest BCUT2D eigenvalue weighted by Crippen LogP contribution is 2.25. The molecule has 1 amide bonds. The largest absolute Gasteiger partial charge is 0.323 e. The van der Waals surface area contributed by atoms with Crippen molar-refractivity contribution in [3.05, 3.63) is 28.2 Å². The van der Waals surface area contributed by atoms with Gasteiger partial charge in [0.05, 0.1) is 16.8 Å². The third kappa shape index (κ3) is 4.11. The predicted octanol–water partition coefficient (Wildman–Crippen LogP) is 4.20. The fourth-order valence-electron chi connectivity index (χ4n) is 2.48. The summed E-state index contributed by atoms with van der Waals surface area (Å²) in [5, 5.41) is 3.91. The van der Waals surface area contributed by atoms with Crippen LogP contribution in [-0.2, 0) is 4.79 Å². The topological polar surface area (TPSA) is 32.3 Å². The lowest BCUT2D eigenvalue weighted by Crippen LogP contribution is -2.42. The van der Waals surface area contributed by atoms with E-state index in [4.69, 9.17) is 23.2 Å². The highest BCUT2D eigenvalue weighted by atomic mass is 35.5. The number of carbonyl (C=O) groups is 1. The van der Waals surface area contributed by atoms with Gasteiger partial charge in [0.25, 0.3) is 0 Å². The molecular weight excluding hydrogens is 295 g/mol. The SMILES string of the molecule is C[C@H](C(=O)Nc1ccc(Cl)cc1Cl)N1CCCCCC1. The first-order valence-corrected chi connectivity index (χ1v) is 7.83. The maximum atomic E-state index is 12.3. The van der Waals surface area contributed by atoms with Crippen LogP contribution >= 0.6 is 23.2 Å². The van der Waals surface area contributed by atoms with Crippen LogP contribution in [0, 0.1) is 0 Å². The second-order valence-corrected chi connectivity index (χ2v) is 6.08. The van der Waals surface area contributed by atoms with E-state index < -0.39 is 0 Å². The van der Waals surface area contributed by atoms with Gasteiger partial charge in [-0.2, -0.15) is 0 Å². The van der Waals surface area contributed by atoms with Crippen molar-refractivity contribution in [2.45, 2.75) is 38.6 Å². The molecule has 2 rings (SSSR count). The fourth-order valence-corrected chi connectivity index (χ4v) is 2.93. The number of hydrogen-bond donors (Lipinski definition) is 1. The highest BCUT2D eigenvalue weighted by molar-refractivity contribution is 6.36. The molecule has 1 heterocycles. The lowest BCUT2D eigenvalue weighted by Gasteiger charge is -2.26. The average Bonchev–Trinajstić information content (AvgIpc) is 2.70. The molecule has 1 aliphatic heterocycles. The molecular formula is C15H20Cl2N2O. The van der Waals surface area contributed by atoms with E-state index in [2.05, 4.69) is 10.2 Å². The van der Waals surface area contributed by atoms with E-state index in [1.165, 1.54) is 25.7 Å². The molecule has 3 nitrogen and oxygen atoms in total. The van der Waals surface area contributed by atoms with Gasteiger partial charge in [-0.25, -0.2) is 0 Å². The van der Waals surface area contributed by atoms with Crippen LogP contribution in [0.15, 0.2) is 18.2 Å². The van der Waals surface area contributed by atoms with Crippen LogP contribution in [-0.4, -0.2) is 29.9 Å². The highest BCUT2D eigenvalue weighted by Gasteiger charge is 2.22. The van der Waals surface area contributed by atoms with E-state index in [0.29, 0.717) is 15.7 Å². The Morgan fingerprint density at radius 3 is 2.45 bits per heavy atom. The van der Waals surface area contributed by atoms with Gasteiger partial charge in [0, 0.05) is 5.02 Å². The summed E-state index contributed by atoms with van der Waals surface area (Å²) in [7, 11) is 0. The number of benzene rings is 1. The first-order chi connectivity index (χ1) is 9.58. The lowest BCUT2D eigenvalue weighted by molar-refractivity contribution is -0.120. The Bertz CT molecular complexity index is 471. The summed E-state index contributed by atoms with van der Waals surface area (Å²) in [6.07, 6.45) is 4.85. The van der Waals surface area contributed by atoms with E-state index in [-0.39, 0.29) is 11.9 Å². The second kappa shape index (κ2) is 7.30. The van der Waals surface area contributed by atoms with Crippen molar-refractivity contribution in [2.24, 2.45) is 0 Å². The van der Waals surface area contributed by atoms with Crippen molar-refractivity contribution in [1.29, 1.82) is 0 Å². The molecule has 0 unspecified atom stereocenters. The van der Waals surface area contributed by atoms with Crippen LogP contribution in [0.2, 0.25) is 10.0 Å². The predicted molar refractivity (Wildman–Crippen MR) is 84.6 cm³/mol. The van der Waals surface area contributed by atoms with Crippen molar-refractivity contribution in [3.63, 3.8) is 0 Å². The number of amides is 1. The average molecular weight is 315 g/mol. The van der Waals surface area contributed by atoms with Crippen LogP contribution in [0.1, 0.15) is 32.6 Å². The number of likely N-dealkylation sites (tertiary alicyclic amines) is 1. The van der Waals surface area contributed by atoms with Crippen LogP contribution in [0.4, 0.5) is 5.69 Å². The van der Waals surface area contributed by atoms with Gasteiger partial charge in [0.2, 0.25) is 5.91 Å². The Morgan fingerprint density at radius 2 is 1.85 bits per heavy atom. The maximum Gasteiger partial charge on any atom is 0.241 e. The molecule has 1 saturated heterocycles. The summed E-state index contributed by atoms with van der Waals surface area (Å²) in [6, 6.07) is 4.95. The summed E-state index contributed by atoms with van der Waals surface area (Å²) >= 11 is 11.9. The Balaban J connectivity index is 1.99. The molecule has 0 saturated carbocycles. The van der Waals surface area contributed by atoms with Crippen molar-refractivity contribution >= 4 is 34.8 Å². The fraction of sp³-hybridized carbons (Fsp3) is 0.533. The standard InChI is InChI=1S/C15H20Cl2N2O/c1-11(19-8-4-2-3-5-9-19)15(20)18-14-7-6-12(16)10-13(14)17/h6-7,10-11H,2-5,8-9H2,1H3,(H,18,20)/t11-/m1/s1. The Hall–Kier alpha value is -0.770. The van der Waals surface area contributed by atoms with Crippen molar-refractivity contribution in [2.75, 3.05) is 18.4 Å². The van der Waals surface area contributed by atoms with Gasteiger partial charge in [-0.05, 0) is 51.1 Å². The monoisotopic (exact) mass is 314 g/mol. The molecule has 1 fully saturated rings. The summed E-state index contributed by atoms with van der Waals surface area (Å²) in [5.74, 6) is -0.0175. The Kier molecular flexibility index (Phi) is 5.70. The molecule has 1 N–H and O–H groups in total. The van der Waals surface area contributed by atoms with Crippen LogP contribution in [0.25, 0.3) is 0 Å². The van der Waals surface area contributed by atoms with Gasteiger partial charge in [-0.15, -0.1) is 0 Å². The molecule has 0 radical (unpaired) electrons. The summed E-state index contributed by atoms with van der Waals surface area (Å²) in [4.78, 5) is 14.6. The summed E-state index contributed by atoms with van der Waals surface area (Å²) < 4.78 is 0. The summed E-state index contributed by atoms with van der Waals surface area (Å²) in [6.45, 7) is 3.93. The van der Waals surface area contributed by atoms with Crippen molar-refractivity contribution < 1.29 is 4.79 Å². The molecule has 1 atom stereocenters. The number of anilines is 1. The van der Waals surface area contributed by atoms with Gasteiger partial charge in [-0.3, -0.25) is 9.69 Å². The number of hydrogen-bond acceptors (Lipinski definition) is 2. The van der Waals surface area contributed by atoms with E-state index in [1.54, 1.807) is 18.2 Å². The molecule has 0 bridgehead atoms. The van der Waals surface area contributed by atoms with Crippen molar-refractivity contribution in [3.8, 4) is 0 Å². The Labute approximate surface area is 130 Å². The number of nitrogens with zero attached hydrogens (tertiary/aromatic N) is 1. The van der Waals surface area contributed by atoms with E-state index in [9.17, 15) is 4.79 Å². The zero-order valence-corrected chi connectivity index (χ0v) is 13.2. The number of rotatable bonds is 3. The third-order valence-electron chi connectivity index (χ3n) is 3.76. The molecule has 0 aromatic heterocycles.